The van der Waals surface area contributed by atoms with Crippen LogP contribution in [0, 0.1) is 5.82 Å². The number of nitrogens with one attached hydrogen (secondary N) is 1. The van der Waals surface area contributed by atoms with E-state index in [1.165, 1.54) is 12.1 Å². The summed E-state index contributed by atoms with van der Waals surface area (Å²) in [5, 5.41) is 11.4. The number of hydrogen-bond donors (Lipinski definition) is 1. The highest BCUT2D eigenvalue weighted by atomic mass is 19.4. The van der Waals surface area contributed by atoms with E-state index in [0.29, 0.717) is 5.82 Å². The molecule has 1 aromatic carbocycles. The lowest BCUT2D eigenvalue weighted by Crippen LogP contribution is -2.26. The van der Waals surface area contributed by atoms with Gasteiger partial charge in [0.2, 0.25) is 6.29 Å². The summed E-state index contributed by atoms with van der Waals surface area (Å²) in [7, 11) is 0. The summed E-state index contributed by atoms with van der Waals surface area (Å²) in [4.78, 5) is 13.2. The zero-order valence-electron chi connectivity index (χ0n) is 11.8. The average Bonchev–Trinajstić information content (AvgIpc) is 2.55. The van der Waals surface area contributed by atoms with E-state index in [9.17, 15) is 17.6 Å². The van der Waals surface area contributed by atoms with E-state index < -0.39 is 12.5 Å². The number of aldehydes is 1. The van der Waals surface area contributed by atoms with Crippen LogP contribution in [0.1, 0.15) is 11.4 Å². The second-order valence-electron chi connectivity index (χ2n) is 4.62. The lowest BCUT2D eigenvalue weighted by atomic mass is 10.1. The molecule has 0 amide bonds. The van der Waals surface area contributed by atoms with Gasteiger partial charge >= 0.3 is 6.18 Å². The number of aromatic nitrogens is 3. The summed E-state index contributed by atoms with van der Waals surface area (Å²) < 4.78 is 44.1. The van der Waals surface area contributed by atoms with Gasteiger partial charge in [0, 0.05) is 25.1 Å². The minimum absolute atomic E-state index is 0.260. The van der Waals surface area contributed by atoms with Gasteiger partial charge in [0.1, 0.15) is 5.82 Å². The Kier molecular flexibility index (Phi) is 5.32. The van der Waals surface area contributed by atoms with E-state index in [0.717, 1.165) is 36.5 Å². The van der Waals surface area contributed by atoms with Gasteiger partial charge in [-0.05, 0) is 24.3 Å². The van der Waals surface area contributed by atoms with Crippen LogP contribution in [0.4, 0.5) is 17.6 Å². The van der Waals surface area contributed by atoms with Gasteiger partial charge in [-0.3, -0.25) is 4.79 Å². The lowest BCUT2D eigenvalue weighted by Gasteiger charge is -2.14. The van der Waals surface area contributed by atoms with Crippen molar-refractivity contribution in [1.29, 1.82) is 0 Å². The molecular weight excluding hydrogens is 316 g/mol. The Morgan fingerprint density at radius 1 is 1.09 bits per heavy atom. The SMILES string of the molecule is Fc1ccc(-c2nnc3c(n2)CCNC3)cc1.O=CC(F)(F)F. The molecule has 5 nitrogen and oxygen atoms in total. The molecule has 0 bridgehead atoms. The van der Waals surface area contributed by atoms with Gasteiger partial charge in [0.25, 0.3) is 0 Å². The predicted octanol–water partition coefficient (Wildman–Crippen LogP) is 2.07. The highest BCUT2D eigenvalue weighted by Crippen LogP contribution is 2.17. The summed E-state index contributed by atoms with van der Waals surface area (Å²) in [5.41, 5.74) is 2.68. The molecule has 1 aromatic heterocycles. The fraction of sp³-hybridized carbons (Fsp3) is 0.286. The Morgan fingerprint density at radius 3 is 2.35 bits per heavy atom. The van der Waals surface area contributed by atoms with E-state index >= 15 is 0 Å². The van der Waals surface area contributed by atoms with E-state index in [1.54, 1.807) is 12.1 Å². The van der Waals surface area contributed by atoms with E-state index in [2.05, 4.69) is 20.5 Å². The lowest BCUT2D eigenvalue weighted by molar-refractivity contribution is -0.156. The number of alkyl halides is 3. The van der Waals surface area contributed by atoms with Crippen LogP contribution in [0.5, 0.6) is 0 Å². The average molecular weight is 328 g/mol. The van der Waals surface area contributed by atoms with Crippen LogP contribution in [0.25, 0.3) is 11.4 Å². The third kappa shape index (κ3) is 5.06. The Labute approximate surface area is 128 Å². The van der Waals surface area contributed by atoms with E-state index in [-0.39, 0.29) is 5.82 Å². The maximum atomic E-state index is 12.8. The third-order valence-electron chi connectivity index (χ3n) is 2.91. The number of halogens is 4. The summed E-state index contributed by atoms with van der Waals surface area (Å²) in [6.07, 6.45) is -4.84. The van der Waals surface area contributed by atoms with Crippen LogP contribution >= 0.6 is 0 Å². The minimum atomic E-state index is -4.64. The van der Waals surface area contributed by atoms with E-state index in [1.807, 2.05) is 0 Å². The second-order valence-corrected chi connectivity index (χ2v) is 4.62. The largest absolute Gasteiger partial charge is 0.446 e. The van der Waals surface area contributed by atoms with Gasteiger partial charge in [-0.25, -0.2) is 9.37 Å². The standard InChI is InChI=1S/C12H11FN4.C2HF3O/c13-9-3-1-8(2-4-9)12-15-10-5-6-14-7-11(10)16-17-12;3-2(4,5)1-6/h1-4,14H,5-7H2;1H. The molecule has 122 valence electrons. The van der Waals surface area contributed by atoms with Gasteiger partial charge in [-0.2, -0.15) is 18.3 Å². The molecule has 23 heavy (non-hydrogen) atoms. The number of benzene rings is 1. The summed E-state index contributed by atoms with van der Waals surface area (Å²) >= 11 is 0. The summed E-state index contributed by atoms with van der Waals surface area (Å²) in [6, 6.07) is 6.14. The van der Waals surface area contributed by atoms with Crippen LogP contribution in [0.2, 0.25) is 0 Å². The van der Waals surface area contributed by atoms with Crippen molar-refractivity contribution in [1.82, 2.24) is 20.5 Å². The zero-order valence-corrected chi connectivity index (χ0v) is 11.8. The zero-order chi connectivity index (χ0) is 16.9. The van der Waals surface area contributed by atoms with Crippen LogP contribution < -0.4 is 5.32 Å². The van der Waals surface area contributed by atoms with Crippen molar-refractivity contribution in [2.24, 2.45) is 0 Å². The minimum Gasteiger partial charge on any atom is -0.311 e. The number of fused-ring (bicyclic) bond motifs is 1. The fourth-order valence-electron chi connectivity index (χ4n) is 1.85. The first-order valence-electron chi connectivity index (χ1n) is 6.61. The van der Waals surface area contributed by atoms with Crippen LogP contribution in [0.15, 0.2) is 24.3 Å². The molecule has 0 aliphatic carbocycles. The van der Waals surface area contributed by atoms with Gasteiger partial charge in [-0.15, -0.1) is 5.10 Å². The third-order valence-corrected chi connectivity index (χ3v) is 2.91. The van der Waals surface area contributed by atoms with Gasteiger partial charge in [-0.1, -0.05) is 0 Å². The molecule has 0 saturated carbocycles. The quantitative estimate of drug-likeness (QED) is 0.641. The van der Waals surface area contributed by atoms with Crippen molar-refractivity contribution in [3.05, 3.63) is 41.5 Å². The van der Waals surface area contributed by atoms with Crippen molar-refractivity contribution in [3.8, 4) is 11.4 Å². The predicted molar refractivity (Wildman–Crippen MR) is 72.8 cm³/mol. The topological polar surface area (TPSA) is 67.8 Å². The summed E-state index contributed by atoms with van der Waals surface area (Å²) in [6.45, 7) is 1.63. The number of carbonyl (C=O) groups excluding carboxylic acids is 1. The first kappa shape index (κ1) is 16.9. The molecule has 1 N–H and O–H groups in total. The Balaban J connectivity index is 0.000000277. The normalized spacial score (nSPS) is 13.6. The van der Waals surface area contributed by atoms with Crippen molar-refractivity contribution in [2.45, 2.75) is 19.1 Å². The number of hydrogen-bond acceptors (Lipinski definition) is 5. The van der Waals surface area contributed by atoms with Crippen molar-refractivity contribution < 1.29 is 22.4 Å². The smallest absolute Gasteiger partial charge is 0.311 e. The molecule has 2 heterocycles. The molecule has 0 spiro atoms. The number of rotatable bonds is 1. The van der Waals surface area contributed by atoms with Gasteiger partial charge in [0.05, 0.1) is 11.4 Å². The molecular formula is C14H12F4N4O. The van der Waals surface area contributed by atoms with Gasteiger partial charge in [0.15, 0.2) is 5.82 Å². The molecule has 1 aliphatic rings. The maximum absolute atomic E-state index is 12.8. The van der Waals surface area contributed by atoms with Crippen LogP contribution in [-0.2, 0) is 17.8 Å². The number of carbonyl (C=O) groups is 1. The maximum Gasteiger partial charge on any atom is 0.446 e. The molecule has 3 rings (SSSR count). The molecule has 0 saturated heterocycles. The first-order chi connectivity index (χ1) is 10.9. The molecule has 2 aromatic rings. The van der Waals surface area contributed by atoms with Crippen molar-refractivity contribution in [3.63, 3.8) is 0 Å². The molecule has 0 unspecified atom stereocenters. The summed E-state index contributed by atoms with van der Waals surface area (Å²) in [5.74, 6) is 0.300. The monoisotopic (exact) mass is 328 g/mol. The van der Waals surface area contributed by atoms with Gasteiger partial charge < -0.3 is 5.32 Å². The first-order valence-corrected chi connectivity index (χ1v) is 6.61. The fourth-order valence-corrected chi connectivity index (χ4v) is 1.85. The van der Waals surface area contributed by atoms with E-state index in [4.69, 9.17) is 4.79 Å². The second kappa shape index (κ2) is 7.23. The van der Waals surface area contributed by atoms with Crippen molar-refractivity contribution in [2.75, 3.05) is 6.54 Å². The molecule has 0 radical (unpaired) electrons. The number of nitrogens with zero attached hydrogens (tertiary/aromatic N) is 3. The van der Waals surface area contributed by atoms with Crippen molar-refractivity contribution >= 4 is 6.29 Å². The molecule has 0 atom stereocenters. The molecule has 0 fully saturated rings. The highest BCUT2D eigenvalue weighted by Gasteiger charge is 2.24. The Morgan fingerprint density at radius 2 is 1.74 bits per heavy atom. The molecule has 1 aliphatic heterocycles. The van der Waals surface area contributed by atoms with Crippen LogP contribution in [0.3, 0.4) is 0 Å². The Hall–Kier alpha value is -2.42. The van der Waals surface area contributed by atoms with Crippen LogP contribution in [-0.4, -0.2) is 34.2 Å². The molecule has 9 heteroatoms. The Bertz CT molecular complexity index is 673. The highest BCUT2D eigenvalue weighted by molar-refractivity contribution is 5.56.